The molecule has 1 heterocycles. The number of rotatable bonds is 6. The molecule has 0 unspecified atom stereocenters. The van der Waals surface area contributed by atoms with Crippen LogP contribution < -0.4 is 5.32 Å². The molecule has 0 aliphatic rings. The van der Waals surface area contributed by atoms with Crippen molar-refractivity contribution in [1.82, 2.24) is 9.88 Å². The third kappa shape index (κ3) is 3.58. The number of nitrogens with zero attached hydrogens (tertiary/aromatic N) is 1. The highest BCUT2D eigenvalue weighted by Crippen LogP contribution is 2.15. The van der Waals surface area contributed by atoms with Gasteiger partial charge in [0.05, 0.1) is 0 Å². The Morgan fingerprint density at radius 1 is 1.21 bits per heavy atom. The van der Waals surface area contributed by atoms with Crippen LogP contribution in [0.3, 0.4) is 0 Å². The average molecular weight is 254 g/mol. The summed E-state index contributed by atoms with van der Waals surface area (Å²) in [6, 6.07) is 13.7. The van der Waals surface area contributed by atoms with Gasteiger partial charge in [0.2, 0.25) is 5.91 Å². The molecule has 0 fully saturated rings. The fraction of sp³-hybridized carbons (Fsp3) is 0.188. The SMILES string of the molecule is C=CCNC(=O)[C@@H](Cc1ccccc1)n1cccc1. The lowest BCUT2D eigenvalue weighted by molar-refractivity contribution is -0.124. The van der Waals surface area contributed by atoms with Gasteiger partial charge in [-0.3, -0.25) is 4.79 Å². The van der Waals surface area contributed by atoms with Crippen molar-refractivity contribution in [2.24, 2.45) is 0 Å². The lowest BCUT2D eigenvalue weighted by Gasteiger charge is -2.18. The van der Waals surface area contributed by atoms with E-state index >= 15 is 0 Å². The summed E-state index contributed by atoms with van der Waals surface area (Å²) < 4.78 is 1.94. The van der Waals surface area contributed by atoms with Gasteiger partial charge in [0.15, 0.2) is 0 Å². The number of aromatic nitrogens is 1. The zero-order valence-corrected chi connectivity index (χ0v) is 10.8. The van der Waals surface area contributed by atoms with Crippen LogP contribution in [0.15, 0.2) is 67.5 Å². The van der Waals surface area contributed by atoms with Gasteiger partial charge in [-0.05, 0) is 17.7 Å². The van der Waals surface area contributed by atoms with E-state index in [0.717, 1.165) is 5.56 Å². The number of carbonyl (C=O) groups is 1. The van der Waals surface area contributed by atoms with E-state index in [-0.39, 0.29) is 11.9 Å². The first-order valence-electron chi connectivity index (χ1n) is 6.36. The van der Waals surface area contributed by atoms with Gasteiger partial charge in [0.25, 0.3) is 0 Å². The van der Waals surface area contributed by atoms with Crippen molar-refractivity contribution < 1.29 is 4.79 Å². The van der Waals surface area contributed by atoms with Gasteiger partial charge in [-0.25, -0.2) is 0 Å². The summed E-state index contributed by atoms with van der Waals surface area (Å²) in [6.45, 7) is 4.11. The molecule has 19 heavy (non-hydrogen) atoms. The molecular weight excluding hydrogens is 236 g/mol. The van der Waals surface area contributed by atoms with Crippen molar-refractivity contribution >= 4 is 5.91 Å². The summed E-state index contributed by atoms with van der Waals surface area (Å²) in [4.78, 5) is 12.2. The molecule has 3 heteroatoms. The molecule has 1 N–H and O–H groups in total. The Hall–Kier alpha value is -2.29. The molecule has 1 aromatic carbocycles. The Balaban J connectivity index is 2.15. The summed E-state index contributed by atoms with van der Waals surface area (Å²) in [5.41, 5.74) is 1.15. The van der Waals surface area contributed by atoms with E-state index < -0.39 is 0 Å². The predicted molar refractivity (Wildman–Crippen MR) is 76.8 cm³/mol. The monoisotopic (exact) mass is 254 g/mol. The van der Waals surface area contributed by atoms with Crippen molar-refractivity contribution in [2.75, 3.05) is 6.54 Å². The maximum Gasteiger partial charge on any atom is 0.243 e. The van der Waals surface area contributed by atoms with Crippen LogP contribution in [-0.4, -0.2) is 17.0 Å². The second-order valence-electron chi connectivity index (χ2n) is 4.37. The molecule has 1 atom stereocenters. The molecule has 1 amide bonds. The highest BCUT2D eigenvalue weighted by Gasteiger charge is 2.19. The minimum atomic E-state index is -0.225. The summed E-state index contributed by atoms with van der Waals surface area (Å²) in [6.07, 6.45) is 6.20. The van der Waals surface area contributed by atoms with Crippen molar-refractivity contribution in [2.45, 2.75) is 12.5 Å². The van der Waals surface area contributed by atoms with Gasteiger partial charge < -0.3 is 9.88 Å². The van der Waals surface area contributed by atoms with Crippen LogP contribution in [0.2, 0.25) is 0 Å². The van der Waals surface area contributed by atoms with Crippen LogP contribution in [-0.2, 0) is 11.2 Å². The first-order valence-corrected chi connectivity index (χ1v) is 6.36. The first kappa shape index (κ1) is 13.1. The van der Waals surface area contributed by atoms with Crippen LogP contribution in [0.4, 0.5) is 0 Å². The highest BCUT2D eigenvalue weighted by atomic mass is 16.2. The standard InChI is InChI=1S/C16H18N2O/c1-2-10-17-16(19)15(18-11-6-7-12-18)13-14-8-4-3-5-9-14/h2-9,11-12,15H,1,10,13H2,(H,17,19)/t15-/m1/s1. The van der Waals surface area contributed by atoms with Gasteiger partial charge >= 0.3 is 0 Å². The third-order valence-corrected chi connectivity index (χ3v) is 2.98. The molecule has 0 radical (unpaired) electrons. The molecule has 98 valence electrons. The number of amides is 1. The fourth-order valence-corrected chi connectivity index (χ4v) is 2.02. The van der Waals surface area contributed by atoms with E-state index in [4.69, 9.17) is 0 Å². The molecule has 3 nitrogen and oxygen atoms in total. The van der Waals surface area contributed by atoms with E-state index in [1.165, 1.54) is 0 Å². The van der Waals surface area contributed by atoms with Crippen LogP contribution in [0.25, 0.3) is 0 Å². The van der Waals surface area contributed by atoms with Gasteiger partial charge in [-0.1, -0.05) is 36.4 Å². The number of hydrogen-bond acceptors (Lipinski definition) is 1. The molecule has 0 spiro atoms. The minimum Gasteiger partial charge on any atom is -0.351 e. The second-order valence-corrected chi connectivity index (χ2v) is 4.37. The van der Waals surface area contributed by atoms with E-state index in [9.17, 15) is 4.79 Å². The Bertz CT molecular complexity index is 517. The van der Waals surface area contributed by atoms with Gasteiger partial charge in [0.1, 0.15) is 6.04 Å². The van der Waals surface area contributed by atoms with Crippen LogP contribution >= 0.6 is 0 Å². The van der Waals surface area contributed by atoms with Crippen molar-refractivity contribution in [1.29, 1.82) is 0 Å². The number of carbonyl (C=O) groups excluding carboxylic acids is 1. The first-order chi connectivity index (χ1) is 9.31. The number of benzene rings is 1. The zero-order valence-electron chi connectivity index (χ0n) is 10.8. The van der Waals surface area contributed by atoms with Gasteiger partial charge in [-0.2, -0.15) is 0 Å². The second kappa shape index (κ2) is 6.59. The largest absolute Gasteiger partial charge is 0.351 e. The Morgan fingerprint density at radius 3 is 2.53 bits per heavy atom. The van der Waals surface area contributed by atoms with Crippen molar-refractivity contribution in [3.63, 3.8) is 0 Å². The van der Waals surface area contributed by atoms with Gasteiger partial charge in [0, 0.05) is 25.4 Å². The molecule has 0 aliphatic carbocycles. The molecule has 0 saturated heterocycles. The fourth-order valence-electron chi connectivity index (χ4n) is 2.02. The summed E-state index contributed by atoms with van der Waals surface area (Å²) in [7, 11) is 0. The van der Waals surface area contributed by atoms with Gasteiger partial charge in [-0.15, -0.1) is 6.58 Å². The maximum atomic E-state index is 12.2. The Morgan fingerprint density at radius 2 is 1.89 bits per heavy atom. The Kier molecular flexibility index (Phi) is 4.56. The van der Waals surface area contributed by atoms with Crippen molar-refractivity contribution in [3.8, 4) is 0 Å². The molecular formula is C16H18N2O. The topological polar surface area (TPSA) is 34.0 Å². The molecule has 2 rings (SSSR count). The number of nitrogens with one attached hydrogen (secondary N) is 1. The normalized spacial score (nSPS) is 11.8. The average Bonchev–Trinajstić information content (AvgIpc) is 2.97. The quantitative estimate of drug-likeness (QED) is 0.790. The van der Waals surface area contributed by atoms with Crippen LogP contribution in [0.5, 0.6) is 0 Å². The minimum absolute atomic E-state index is 0.0138. The van der Waals surface area contributed by atoms with E-state index in [2.05, 4.69) is 11.9 Å². The highest BCUT2D eigenvalue weighted by molar-refractivity contribution is 5.80. The molecule has 2 aromatic rings. The molecule has 0 saturated carbocycles. The lowest BCUT2D eigenvalue weighted by Crippen LogP contribution is -2.33. The van der Waals surface area contributed by atoms with E-state index in [1.54, 1.807) is 6.08 Å². The summed E-state index contributed by atoms with van der Waals surface area (Å²) in [5.74, 6) is 0.0138. The molecule has 1 aromatic heterocycles. The van der Waals surface area contributed by atoms with E-state index in [1.807, 2.05) is 59.4 Å². The summed E-state index contributed by atoms with van der Waals surface area (Å²) >= 11 is 0. The Labute approximate surface area is 113 Å². The number of hydrogen-bond donors (Lipinski definition) is 1. The van der Waals surface area contributed by atoms with E-state index in [0.29, 0.717) is 13.0 Å². The smallest absolute Gasteiger partial charge is 0.243 e. The third-order valence-electron chi connectivity index (χ3n) is 2.98. The zero-order chi connectivity index (χ0) is 13.5. The molecule has 0 aliphatic heterocycles. The molecule has 0 bridgehead atoms. The van der Waals surface area contributed by atoms with Crippen LogP contribution in [0.1, 0.15) is 11.6 Å². The summed E-state index contributed by atoms with van der Waals surface area (Å²) in [5, 5.41) is 2.86. The van der Waals surface area contributed by atoms with Crippen LogP contribution in [0, 0.1) is 0 Å². The predicted octanol–water partition coefficient (Wildman–Crippen LogP) is 2.57. The maximum absolute atomic E-state index is 12.2. The van der Waals surface area contributed by atoms with Crippen molar-refractivity contribution in [3.05, 3.63) is 73.1 Å². The lowest BCUT2D eigenvalue weighted by atomic mass is 10.1.